The van der Waals surface area contributed by atoms with Crippen molar-refractivity contribution in [1.82, 2.24) is 4.98 Å². The molecule has 0 saturated heterocycles. The van der Waals surface area contributed by atoms with Crippen LogP contribution in [0, 0.1) is 11.3 Å². The minimum Gasteiger partial charge on any atom is -0.465 e. The van der Waals surface area contributed by atoms with Crippen LogP contribution in [-0.2, 0) is 11.2 Å². The Balaban J connectivity index is 1.92. The van der Waals surface area contributed by atoms with Crippen LogP contribution < -0.4 is 0 Å². The van der Waals surface area contributed by atoms with E-state index in [1.54, 1.807) is 13.2 Å². The number of esters is 1. The molecule has 0 spiro atoms. The van der Waals surface area contributed by atoms with Crippen molar-refractivity contribution in [3.8, 4) is 6.07 Å². The van der Waals surface area contributed by atoms with Crippen LogP contribution in [0.4, 0.5) is 0 Å². The molecule has 4 rings (SSSR count). The van der Waals surface area contributed by atoms with Crippen LogP contribution in [0.3, 0.4) is 0 Å². The second kappa shape index (κ2) is 7.08. The monoisotopic (exact) mass is 358 g/mol. The summed E-state index contributed by atoms with van der Waals surface area (Å²) in [6.07, 6.45) is 5.33. The third-order valence-electron chi connectivity index (χ3n) is 4.70. The number of pyridine rings is 1. The molecule has 3 aromatic rings. The summed E-state index contributed by atoms with van der Waals surface area (Å²) in [5.41, 5.74) is 3.99. The highest BCUT2D eigenvalue weighted by Crippen LogP contribution is 2.36. The normalized spacial score (nSPS) is 15.9. The van der Waals surface area contributed by atoms with Crippen molar-refractivity contribution in [3.63, 3.8) is 0 Å². The molecule has 2 aromatic heterocycles. The van der Waals surface area contributed by atoms with Gasteiger partial charge >= 0.3 is 5.97 Å². The van der Waals surface area contributed by atoms with Gasteiger partial charge in [0, 0.05) is 5.39 Å². The summed E-state index contributed by atoms with van der Waals surface area (Å²) in [4.78, 5) is 17.7. The average Bonchev–Trinajstić information content (AvgIpc) is 3.19. The number of para-hydroxylation sites is 1. The first-order valence-corrected chi connectivity index (χ1v) is 8.94. The van der Waals surface area contributed by atoms with Crippen LogP contribution in [0.5, 0.6) is 0 Å². The van der Waals surface area contributed by atoms with E-state index < -0.39 is 12.1 Å². The largest absolute Gasteiger partial charge is 0.465 e. The van der Waals surface area contributed by atoms with Crippen LogP contribution >= 0.6 is 0 Å². The van der Waals surface area contributed by atoms with Crippen molar-refractivity contribution in [1.29, 1.82) is 5.26 Å². The first-order chi connectivity index (χ1) is 13.2. The van der Waals surface area contributed by atoms with Crippen LogP contribution in [0.15, 0.2) is 47.1 Å². The molecule has 1 atom stereocenters. The summed E-state index contributed by atoms with van der Waals surface area (Å²) in [6, 6.07) is 13.2. The summed E-state index contributed by atoms with van der Waals surface area (Å²) in [7, 11) is 0. The molecule has 5 heteroatoms. The van der Waals surface area contributed by atoms with Crippen LogP contribution in [-0.4, -0.2) is 17.1 Å². The Hall–Kier alpha value is -3.39. The zero-order valence-corrected chi connectivity index (χ0v) is 14.9. The van der Waals surface area contributed by atoms with Gasteiger partial charge in [-0.3, -0.25) is 0 Å². The molecular formula is C22H18N2O3. The number of nitrogens with zero attached hydrogens (tertiary/aromatic N) is 2. The number of nitriles is 1. The first kappa shape index (κ1) is 17.0. The third-order valence-corrected chi connectivity index (χ3v) is 4.70. The first-order valence-electron chi connectivity index (χ1n) is 8.94. The molecule has 0 unspecified atom stereocenters. The van der Waals surface area contributed by atoms with E-state index in [9.17, 15) is 4.79 Å². The zero-order valence-electron chi connectivity index (χ0n) is 14.9. The molecule has 27 heavy (non-hydrogen) atoms. The maximum Gasteiger partial charge on any atom is 0.340 e. The number of carbonyl (C=O) groups excluding carboxylic acids is 1. The summed E-state index contributed by atoms with van der Waals surface area (Å²) in [6.45, 7) is 1.57. The number of hydrogen-bond acceptors (Lipinski definition) is 5. The third kappa shape index (κ3) is 3.22. The van der Waals surface area contributed by atoms with Gasteiger partial charge in [0.15, 0.2) is 6.10 Å². The number of fused-ring (bicyclic) bond motifs is 2. The minimum atomic E-state index is -0.804. The van der Waals surface area contributed by atoms with E-state index in [2.05, 4.69) is 0 Å². The summed E-state index contributed by atoms with van der Waals surface area (Å²) >= 11 is 0. The summed E-state index contributed by atoms with van der Waals surface area (Å²) in [5, 5.41) is 9.76. The minimum absolute atomic E-state index is 0.474. The molecule has 0 amide bonds. The molecule has 134 valence electrons. The molecular weight excluding hydrogens is 340 g/mol. The molecule has 2 heterocycles. The zero-order chi connectivity index (χ0) is 18.8. The van der Waals surface area contributed by atoms with E-state index in [1.807, 2.05) is 48.5 Å². The number of furan rings is 1. The number of aromatic nitrogens is 1. The lowest BCUT2D eigenvalue weighted by molar-refractivity contribution is 0.0436. The number of ether oxygens (including phenoxy) is 1. The smallest absolute Gasteiger partial charge is 0.340 e. The highest BCUT2D eigenvalue weighted by molar-refractivity contribution is 6.06. The second-order valence-electron chi connectivity index (χ2n) is 6.55. The maximum atomic E-state index is 12.9. The van der Waals surface area contributed by atoms with Crippen molar-refractivity contribution < 1.29 is 13.9 Å². The van der Waals surface area contributed by atoms with Gasteiger partial charge in [0.2, 0.25) is 0 Å². The number of rotatable bonds is 3. The molecule has 0 fully saturated rings. The maximum absolute atomic E-state index is 12.9. The number of hydrogen-bond donors (Lipinski definition) is 0. The van der Waals surface area contributed by atoms with E-state index in [-0.39, 0.29) is 0 Å². The number of carbonyl (C=O) groups is 1. The van der Waals surface area contributed by atoms with Crippen LogP contribution in [0.2, 0.25) is 0 Å². The van der Waals surface area contributed by atoms with Crippen LogP contribution in [0.25, 0.3) is 22.6 Å². The van der Waals surface area contributed by atoms with Gasteiger partial charge in [-0.25, -0.2) is 9.78 Å². The van der Waals surface area contributed by atoms with E-state index in [1.165, 1.54) is 0 Å². The van der Waals surface area contributed by atoms with Gasteiger partial charge in [-0.1, -0.05) is 18.2 Å². The summed E-state index contributed by atoms with van der Waals surface area (Å²) < 4.78 is 10.8. The fourth-order valence-corrected chi connectivity index (χ4v) is 3.50. The molecule has 1 aliphatic rings. The predicted molar refractivity (Wildman–Crippen MR) is 102 cm³/mol. The van der Waals surface area contributed by atoms with Gasteiger partial charge in [-0.2, -0.15) is 5.26 Å². The lowest BCUT2D eigenvalue weighted by Crippen LogP contribution is -2.18. The van der Waals surface area contributed by atoms with Gasteiger partial charge in [0.25, 0.3) is 0 Å². The predicted octanol–water partition coefficient (Wildman–Crippen LogP) is 4.77. The highest BCUT2D eigenvalue weighted by atomic mass is 16.5. The number of allylic oxidation sites excluding steroid dienone is 1. The number of benzene rings is 1. The lowest BCUT2D eigenvalue weighted by atomic mass is 9.86. The van der Waals surface area contributed by atoms with Gasteiger partial charge in [0.05, 0.1) is 23.0 Å². The topological polar surface area (TPSA) is 76.1 Å². The van der Waals surface area contributed by atoms with Crippen LogP contribution in [0.1, 0.15) is 47.1 Å². The molecule has 1 aromatic carbocycles. The Morgan fingerprint density at radius 3 is 2.93 bits per heavy atom. The molecule has 1 aliphatic carbocycles. The van der Waals surface area contributed by atoms with Crippen molar-refractivity contribution in [2.24, 2.45) is 0 Å². The van der Waals surface area contributed by atoms with Crippen molar-refractivity contribution in [2.75, 3.05) is 0 Å². The SMILES string of the molecule is C[C@@H](C#N)OC(=O)c1c2c(nc3ccccc13)/C(=C\c1ccco1)CCC2. The van der Waals surface area contributed by atoms with Gasteiger partial charge in [-0.15, -0.1) is 0 Å². The fourth-order valence-electron chi connectivity index (χ4n) is 3.50. The van der Waals surface area contributed by atoms with Crippen molar-refractivity contribution in [2.45, 2.75) is 32.3 Å². The van der Waals surface area contributed by atoms with Gasteiger partial charge in [-0.05, 0) is 61.6 Å². The second-order valence-corrected chi connectivity index (χ2v) is 6.55. The Labute approximate surface area is 156 Å². The van der Waals surface area contributed by atoms with Gasteiger partial charge < -0.3 is 9.15 Å². The lowest BCUT2D eigenvalue weighted by Gasteiger charge is -2.22. The Morgan fingerprint density at radius 2 is 2.15 bits per heavy atom. The molecule has 0 saturated carbocycles. The Morgan fingerprint density at radius 1 is 1.30 bits per heavy atom. The van der Waals surface area contributed by atoms with Crippen molar-refractivity contribution >= 4 is 28.5 Å². The Kier molecular flexibility index (Phi) is 4.47. The van der Waals surface area contributed by atoms with E-state index in [0.29, 0.717) is 5.56 Å². The van der Waals surface area contributed by atoms with E-state index >= 15 is 0 Å². The van der Waals surface area contributed by atoms with E-state index in [0.717, 1.165) is 52.8 Å². The van der Waals surface area contributed by atoms with Gasteiger partial charge in [0.1, 0.15) is 11.8 Å². The molecule has 0 aliphatic heterocycles. The standard InChI is InChI=1S/C22H18N2O3/c1-14(13-23)27-22(25)20-17-8-2-3-10-19(17)24-21-15(6-4-9-18(20)21)12-16-7-5-11-26-16/h2-3,5,7-8,10-12,14H,4,6,9H2,1H3/b15-12-/t14-/m0/s1. The van der Waals surface area contributed by atoms with E-state index in [4.69, 9.17) is 19.4 Å². The molecule has 5 nitrogen and oxygen atoms in total. The fraction of sp³-hybridized carbons (Fsp3) is 0.227. The average molecular weight is 358 g/mol. The molecule has 0 N–H and O–H groups in total. The molecule has 0 bridgehead atoms. The Bertz CT molecular complexity index is 1070. The highest BCUT2D eigenvalue weighted by Gasteiger charge is 2.26. The van der Waals surface area contributed by atoms with Crippen molar-refractivity contribution in [3.05, 3.63) is 65.2 Å². The summed E-state index contributed by atoms with van der Waals surface area (Å²) in [5.74, 6) is 0.285. The quantitative estimate of drug-likeness (QED) is 0.630. The molecule has 0 radical (unpaired) electrons.